The number of nitrogens with one attached hydrogen (secondary N) is 1. The van der Waals surface area contributed by atoms with Gasteiger partial charge in [-0.1, -0.05) is 6.07 Å². The number of carbonyl (C=O) groups is 2. The fourth-order valence-electron chi connectivity index (χ4n) is 2.33. The van der Waals surface area contributed by atoms with E-state index in [0.717, 1.165) is 12.1 Å². The predicted octanol–water partition coefficient (Wildman–Crippen LogP) is 2.55. The molecule has 0 spiro atoms. The molecule has 0 aromatic heterocycles. The zero-order valence-corrected chi connectivity index (χ0v) is 13.4. The maximum Gasteiger partial charge on any atom is 0.416 e. The van der Waals surface area contributed by atoms with E-state index in [9.17, 15) is 27.9 Å². The number of carboxylic acids is 1. The van der Waals surface area contributed by atoms with Gasteiger partial charge in [0.15, 0.2) is 6.61 Å². The summed E-state index contributed by atoms with van der Waals surface area (Å²) in [6.45, 7) is -0.552. The van der Waals surface area contributed by atoms with Crippen molar-refractivity contribution in [2.75, 3.05) is 18.1 Å². The van der Waals surface area contributed by atoms with Gasteiger partial charge in [-0.05, 0) is 42.5 Å². The molecule has 1 saturated heterocycles. The molecule has 0 saturated carbocycles. The largest absolute Gasteiger partial charge is 0.484 e. The second-order valence-electron chi connectivity index (χ2n) is 5.36. The number of halogens is 3. The van der Waals surface area contributed by atoms with Gasteiger partial charge in [0.2, 0.25) is 0 Å². The van der Waals surface area contributed by atoms with Crippen molar-refractivity contribution >= 4 is 23.6 Å². The Morgan fingerprint density at radius 3 is 2.54 bits per heavy atom. The Kier molecular flexibility index (Phi) is 5.63. The highest BCUT2D eigenvalue weighted by atomic mass is 32.2. The molecule has 24 heavy (non-hydrogen) atoms. The second-order valence-corrected chi connectivity index (χ2v) is 6.59. The SMILES string of the molecule is O=C(COc1cccc(C(F)(F)F)c1)NC1(C(=O)O)CCSCC1. The van der Waals surface area contributed by atoms with Crippen LogP contribution in [0.3, 0.4) is 0 Å². The van der Waals surface area contributed by atoms with Gasteiger partial charge in [-0.3, -0.25) is 4.79 Å². The molecule has 1 amide bonds. The highest BCUT2D eigenvalue weighted by Gasteiger charge is 2.41. The van der Waals surface area contributed by atoms with Crippen molar-refractivity contribution < 1.29 is 32.6 Å². The van der Waals surface area contributed by atoms with Crippen LogP contribution in [0, 0.1) is 0 Å². The van der Waals surface area contributed by atoms with E-state index in [4.69, 9.17) is 4.74 Å². The first-order valence-electron chi connectivity index (χ1n) is 7.15. The Morgan fingerprint density at radius 1 is 1.29 bits per heavy atom. The van der Waals surface area contributed by atoms with E-state index in [1.54, 1.807) is 11.8 Å². The maximum absolute atomic E-state index is 12.6. The lowest BCUT2D eigenvalue weighted by Crippen LogP contribution is -2.57. The minimum absolute atomic E-state index is 0.108. The van der Waals surface area contributed by atoms with Crippen LogP contribution in [0.15, 0.2) is 24.3 Å². The van der Waals surface area contributed by atoms with Crippen molar-refractivity contribution in [2.24, 2.45) is 0 Å². The number of hydrogen-bond acceptors (Lipinski definition) is 4. The maximum atomic E-state index is 12.6. The van der Waals surface area contributed by atoms with E-state index in [1.807, 2.05) is 0 Å². The molecular weight excluding hydrogens is 347 g/mol. The molecule has 1 fully saturated rings. The van der Waals surface area contributed by atoms with E-state index in [1.165, 1.54) is 12.1 Å². The van der Waals surface area contributed by atoms with Crippen molar-refractivity contribution in [3.63, 3.8) is 0 Å². The van der Waals surface area contributed by atoms with E-state index >= 15 is 0 Å². The summed E-state index contributed by atoms with van der Waals surface area (Å²) in [5.41, 5.74) is -2.22. The van der Waals surface area contributed by atoms with Gasteiger partial charge in [-0.2, -0.15) is 24.9 Å². The Labute approximate surface area is 140 Å². The van der Waals surface area contributed by atoms with Gasteiger partial charge in [0, 0.05) is 0 Å². The quantitative estimate of drug-likeness (QED) is 0.841. The molecule has 0 bridgehead atoms. The van der Waals surface area contributed by atoms with Crippen LogP contribution in [0.1, 0.15) is 18.4 Å². The minimum atomic E-state index is -4.51. The van der Waals surface area contributed by atoms with Crippen LogP contribution in [-0.2, 0) is 15.8 Å². The number of amides is 1. The molecule has 1 aliphatic heterocycles. The molecule has 1 aliphatic rings. The molecule has 0 atom stereocenters. The molecule has 9 heteroatoms. The normalized spacial score (nSPS) is 17.1. The molecule has 5 nitrogen and oxygen atoms in total. The van der Waals surface area contributed by atoms with Gasteiger partial charge < -0.3 is 15.2 Å². The van der Waals surface area contributed by atoms with Crippen LogP contribution >= 0.6 is 11.8 Å². The van der Waals surface area contributed by atoms with Gasteiger partial charge in [-0.25, -0.2) is 4.79 Å². The molecule has 0 unspecified atom stereocenters. The van der Waals surface area contributed by atoms with Crippen LogP contribution in [0.4, 0.5) is 13.2 Å². The Balaban J connectivity index is 1.97. The molecule has 1 heterocycles. The zero-order valence-electron chi connectivity index (χ0n) is 12.6. The van der Waals surface area contributed by atoms with Crippen LogP contribution < -0.4 is 10.1 Å². The van der Waals surface area contributed by atoms with Crippen LogP contribution in [0.25, 0.3) is 0 Å². The third-order valence-corrected chi connectivity index (χ3v) is 4.65. The van der Waals surface area contributed by atoms with Gasteiger partial charge in [0.25, 0.3) is 5.91 Å². The summed E-state index contributed by atoms with van der Waals surface area (Å²) in [5.74, 6) is -0.678. The number of benzene rings is 1. The number of ether oxygens (including phenoxy) is 1. The lowest BCUT2D eigenvalue weighted by atomic mass is 9.92. The molecule has 0 aliphatic carbocycles. The van der Waals surface area contributed by atoms with Crippen molar-refractivity contribution in [1.82, 2.24) is 5.32 Å². The predicted molar refractivity (Wildman–Crippen MR) is 82.0 cm³/mol. The number of hydrogen-bond donors (Lipinski definition) is 2. The number of thioether (sulfide) groups is 1. The topological polar surface area (TPSA) is 75.6 Å². The highest BCUT2D eigenvalue weighted by molar-refractivity contribution is 7.99. The Morgan fingerprint density at radius 2 is 1.96 bits per heavy atom. The first-order valence-corrected chi connectivity index (χ1v) is 8.31. The van der Waals surface area contributed by atoms with E-state index in [-0.39, 0.29) is 5.75 Å². The average molecular weight is 363 g/mol. The monoisotopic (exact) mass is 363 g/mol. The minimum Gasteiger partial charge on any atom is -0.484 e. The first kappa shape index (κ1) is 18.4. The van der Waals surface area contributed by atoms with Gasteiger partial charge in [-0.15, -0.1) is 0 Å². The number of aliphatic carboxylic acids is 1. The summed E-state index contributed by atoms with van der Waals surface area (Å²) in [6, 6.07) is 4.16. The van der Waals surface area contributed by atoms with E-state index in [0.29, 0.717) is 24.3 Å². The number of carboxylic acid groups (broad SMARTS) is 1. The highest BCUT2D eigenvalue weighted by Crippen LogP contribution is 2.31. The van der Waals surface area contributed by atoms with Crippen LogP contribution in [-0.4, -0.2) is 40.6 Å². The van der Waals surface area contributed by atoms with E-state index < -0.39 is 35.8 Å². The Hall–Kier alpha value is -1.90. The third kappa shape index (κ3) is 4.56. The van der Waals surface area contributed by atoms with Crippen molar-refractivity contribution in [1.29, 1.82) is 0 Å². The summed E-state index contributed by atoms with van der Waals surface area (Å²) in [5, 5.41) is 11.8. The van der Waals surface area contributed by atoms with Gasteiger partial charge >= 0.3 is 12.1 Å². The summed E-state index contributed by atoms with van der Waals surface area (Å²) < 4.78 is 42.9. The van der Waals surface area contributed by atoms with Crippen LogP contribution in [0.5, 0.6) is 5.75 Å². The smallest absolute Gasteiger partial charge is 0.416 e. The lowest BCUT2D eigenvalue weighted by molar-refractivity contribution is -0.148. The number of rotatable bonds is 5. The van der Waals surface area contributed by atoms with Crippen LogP contribution in [0.2, 0.25) is 0 Å². The first-order chi connectivity index (χ1) is 11.2. The summed E-state index contributed by atoms with van der Waals surface area (Å²) in [7, 11) is 0. The van der Waals surface area contributed by atoms with Crippen molar-refractivity contribution in [2.45, 2.75) is 24.6 Å². The summed E-state index contributed by atoms with van der Waals surface area (Å²) in [6.07, 6.45) is -3.92. The fraction of sp³-hybridized carbons (Fsp3) is 0.467. The standard InChI is InChI=1S/C15H16F3NO4S/c16-15(17,18)10-2-1-3-11(8-10)23-9-12(20)19-14(13(21)22)4-6-24-7-5-14/h1-3,8H,4-7,9H2,(H,19,20)(H,21,22). The van der Waals surface area contributed by atoms with Gasteiger partial charge in [0.1, 0.15) is 11.3 Å². The van der Waals surface area contributed by atoms with Crippen molar-refractivity contribution in [3.05, 3.63) is 29.8 Å². The zero-order chi connectivity index (χ0) is 17.8. The number of alkyl halides is 3. The van der Waals surface area contributed by atoms with Crippen molar-refractivity contribution in [3.8, 4) is 5.75 Å². The van der Waals surface area contributed by atoms with E-state index in [2.05, 4.69) is 5.32 Å². The summed E-state index contributed by atoms with van der Waals surface area (Å²) in [4.78, 5) is 23.4. The second kappa shape index (κ2) is 7.33. The molecular formula is C15H16F3NO4S. The van der Waals surface area contributed by atoms with Gasteiger partial charge in [0.05, 0.1) is 5.56 Å². The molecule has 0 radical (unpaired) electrons. The fourth-order valence-corrected chi connectivity index (χ4v) is 3.52. The third-order valence-electron chi connectivity index (χ3n) is 3.67. The lowest BCUT2D eigenvalue weighted by Gasteiger charge is -2.33. The molecule has 2 rings (SSSR count). The molecule has 1 aromatic rings. The molecule has 132 valence electrons. The average Bonchev–Trinajstić information content (AvgIpc) is 2.53. The molecule has 2 N–H and O–H groups in total. The summed E-state index contributed by atoms with van der Waals surface area (Å²) >= 11 is 1.60. The Bertz CT molecular complexity index is 615. The number of carbonyl (C=O) groups excluding carboxylic acids is 1. The molecule has 1 aromatic carbocycles.